The van der Waals surface area contributed by atoms with Crippen LogP contribution in [0.25, 0.3) is 0 Å². The van der Waals surface area contributed by atoms with Crippen molar-refractivity contribution in [3.05, 3.63) is 0 Å². The van der Waals surface area contributed by atoms with Gasteiger partial charge < -0.3 is 0 Å². The molecule has 1 aliphatic rings. The lowest BCUT2D eigenvalue weighted by molar-refractivity contribution is -0.124. The summed E-state index contributed by atoms with van der Waals surface area (Å²) < 4.78 is 0. The lowest BCUT2D eigenvalue weighted by atomic mass is 10.3. The molecule has 0 unspecified atom stereocenters. The molecule has 0 atom stereocenters. The van der Waals surface area contributed by atoms with E-state index in [1.54, 1.807) is 0 Å². The summed E-state index contributed by atoms with van der Waals surface area (Å²) in [5.41, 5.74) is 0. The van der Waals surface area contributed by atoms with Gasteiger partial charge in [-0.3, -0.25) is 14.6 Å². The standard InChI is InChI=1S/C6H12N2O/c1-7-3-6(9)4-8(2)5-7/h3-5H2,1-2H3. The van der Waals surface area contributed by atoms with E-state index < -0.39 is 0 Å². The number of carbonyl (C=O) groups is 1. The highest BCUT2D eigenvalue weighted by molar-refractivity contribution is 5.82. The smallest absolute Gasteiger partial charge is 0.160 e. The second-order valence-electron chi connectivity index (χ2n) is 2.71. The molecule has 52 valence electrons. The van der Waals surface area contributed by atoms with E-state index in [1.807, 2.05) is 23.9 Å². The van der Waals surface area contributed by atoms with Crippen LogP contribution in [0.5, 0.6) is 0 Å². The van der Waals surface area contributed by atoms with Crippen molar-refractivity contribution in [1.82, 2.24) is 9.80 Å². The fraction of sp³-hybridized carbons (Fsp3) is 0.833. The lowest BCUT2D eigenvalue weighted by Gasteiger charge is -2.28. The predicted molar refractivity (Wildman–Crippen MR) is 35.1 cm³/mol. The summed E-state index contributed by atoms with van der Waals surface area (Å²) in [5, 5.41) is 0. The molecule has 0 aromatic heterocycles. The molecule has 1 heterocycles. The van der Waals surface area contributed by atoms with Crippen LogP contribution in [-0.2, 0) is 4.79 Å². The van der Waals surface area contributed by atoms with Gasteiger partial charge in [0.2, 0.25) is 0 Å². The van der Waals surface area contributed by atoms with Crippen LogP contribution in [0, 0.1) is 0 Å². The van der Waals surface area contributed by atoms with Gasteiger partial charge in [-0.05, 0) is 14.1 Å². The molecule has 1 aliphatic heterocycles. The van der Waals surface area contributed by atoms with E-state index in [9.17, 15) is 4.79 Å². The number of hydrogen-bond acceptors (Lipinski definition) is 3. The molecule has 1 rings (SSSR count). The topological polar surface area (TPSA) is 23.6 Å². The van der Waals surface area contributed by atoms with Gasteiger partial charge in [0.25, 0.3) is 0 Å². The van der Waals surface area contributed by atoms with E-state index in [4.69, 9.17) is 0 Å². The molecule has 3 nitrogen and oxygen atoms in total. The van der Waals surface area contributed by atoms with Gasteiger partial charge in [-0.1, -0.05) is 0 Å². The number of carbonyl (C=O) groups excluding carboxylic acids is 1. The van der Waals surface area contributed by atoms with Gasteiger partial charge in [0.05, 0.1) is 19.8 Å². The van der Waals surface area contributed by atoms with E-state index in [1.165, 1.54) is 0 Å². The molecule has 0 aromatic rings. The predicted octanol–water partition coefficient (Wildman–Crippen LogP) is -0.610. The van der Waals surface area contributed by atoms with Crippen molar-refractivity contribution in [2.45, 2.75) is 0 Å². The Morgan fingerprint density at radius 3 is 2.00 bits per heavy atom. The molecule has 1 fully saturated rings. The van der Waals surface area contributed by atoms with Gasteiger partial charge in [-0.25, -0.2) is 0 Å². The van der Waals surface area contributed by atoms with Gasteiger partial charge in [0.1, 0.15) is 0 Å². The van der Waals surface area contributed by atoms with E-state index in [0.29, 0.717) is 18.9 Å². The van der Waals surface area contributed by atoms with Crippen molar-refractivity contribution in [3.8, 4) is 0 Å². The zero-order valence-electron chi connectivity index (χ0n) is 5.92. The Labute approximate surface area is 55.2 Å². The molecule has 0 N–H and O–H groups in total. The molecular formula is C6H12N2O. The van der Waals surface area contributed by atoms with Gasteiger partial charge >= 0.3 is 0 Å². The normalized spacial score (nSPS) is 24.9. The summed E-state index contributed by atoms with van der Waals surface area (Å²) in [6, 6.07) is 0. The Kier molecular flexibility index (Phi) is 1.83. The van der Waals surface area contributed by atoms with Crippen molar-refractivity contribution in [2.75, 3.05) is 33.9 Å². The second kappa shape index (κ2) is 2.45. The van der Waals surface area contributed by atoms with Gasteiger partial charge in [0, 0.05) is 0 Å². The molecule has 0 amide bonds. The van der Waals surface area contributed by atoms with Gasteiger partial charge in [-0.15, -0.1) is 0 Å². The van der Waals surface area contributed by atoms with Crippen LogP contribution in [0.1, 0.15) is 0 Å². The highest BCUT2D eigenvalue weighted by Gasteiger charge is 2.16. The number of Topliss-reactive ketones (excluding diaryl/α,β-unsaturated/α-hetero) is 1. The minimum atomic E-state index is 0.311. The largest absolute Gasteiger partial charge is 0.297 e. The number of ketones is 1. The number of hydrogen-bond donors (Lipinski definition) is 0. The van der Waals surface area contributed by atoms with Crippen LogP contribution < -0.4 is 0 Å². The van der Waals surface area contributed by atoms with Crippen LogP contribution in [0.15, 0.2) is 0 Å². The highest BCUT2D eigenvalue weighted by Crippen LogP contribution is 1.95. The summed E-state index contributed by atoms with van der Waals surface area (Å²) in [6.45, 7) is 2.14. The minimum absolute atomic E-state index is 0.311. The Hall–Kier alpha value is -0.410. The molecule has 3 heteroatoms. The van der Waals surface area contributed by atoms with Crippen LogP contribution in [0.4, 0.5) is 0 Å². The first-order chi connectivity index (χ1) is 4.18. The molecule has 0 aliphatic carbocycles. The Morgan fingerprint density at radius 1 is 1.22 bits per heavy atom. The Bertz CT molecular complexity index is 112. The van der Waals surface area contributed by atoms with Crippen molar-refractivity contribution in [3.63, 3.8) is 0 Å². The van der Waals surface area contributed by atoms with Crippen molar-refractivity contribution in [1.29, 1.82) is 0 Å². The fourth-order valence-electron chi connectivity index (χ4n) is 1.16. The monoisotopic (exact) mass is 128 g/mol. The van der Waals surface area contributed by atoms with Crippen molar-refractivity contribution >= 4 is 5.78 Å². The van der Waals surface area contributed by atoms with Crippen LogP contribution >= 0.6 is 0 Å². The molecule has 0 radical (unpaired) electrons. The molecule has 0 aromatic carbocycles. The molecule has 0 spiro atoms. The van der Waals surface area contributed by atoms with Crippen LogP contribution in [0.3, 0.4) is 0 Å². The van der Waals surface area contributed by atoms with E-state index in [2.05, 4.69) is 0 Å². The summed E-state index contributed by atoms with van der Waals surface area (Å²) >= 11 is 0. The first-order valence-corrected chi connectivity index (χ1v) is 3.07. The van der Waals surface area contributed by atoms with Gasteiger partial charge in [0.15, 0.2) is 5.78 Å². The van der Waals surface area contributed by atoms with E-state index >= 15 is 0 Å². The third-order valence-electron chi connectivity index (χ3n) is 1.38. The number of nitrogens with zero attached hydrogens (tertiary/aromatic N) is 2. The summed E-state index contributed by atoms with van der Waals surface area (Å²) in [7, 11) is 3.90. The second-order valence-corrected chi connectivity index (χ2v) is 2.71. The Balaban J connectivity index is 2.43. The number of rotatable bonds is 0. The highest BCUT2D eigenvalue weighted by atomic mass is 16.1. The van der Waals surface area contributed by atoms with Crippen molar-refractivity contribution in [2.24, 2.45) is 0 Å². The molecular weight excluding hydrogens is 116 g/mol. The number of likely N-dealkylation sites (N-methyl/N-ethyl adjacent to an activating group) is 2. The van der Waals surface area contributed by atoms with E-state index in [-0.39, 0.29) is 0 Å². The Morgan fingerprint density at radius 2 is 1.67 bits per heavy atom. The maximum absolute atomic E-state index is 10.8. The fourth-order valence-corrected chi connectivity index (χ4v) is 1.16. The first-order valence-electron chi connectivity index (χ1n) is 3.07. The van der Waals surface area contributed by atoms with Crippen LogP contribution in [0.2, 0.25) is 0 Å². The van der Waals surface area contributed by atoms with Gasteiger partial charge in [-0.2, -0.15) is 0 Å². The summed E-state index contributed by atoms with van der Waals surface area (Å²) in [4.78, 5) is 14.8. The third kappa shape index (κ3) is 1.77. The average Bonchev–Trinajstić information content (AvgIpc) is 1.59. The zero-order chi connectivity index (χ0) is 6.85. The van der Waals surface area contributed by atoms with Crippen molar-refractivity contribution < 1.29 is 4.79 Å². The maximum atomic E-state index is 10.8. The summed E-state index contributed by atoms with van der Waals surface area (Å²) in [5.74, 6) is 0.311. The van der Waals surface area contributed by atoms with Crippen LogP contribution in [-0.4, -0.2) is 49.4 Å². The van der Waals surface area contributed by atoms with E-state index in [0.717, 1.165) is 6.67 Å². The minimum Gasteiger partial charge on any atom is -0.297 e. The molecule has 0 saturated carbocycles. The molecule has 0 bridgehead atoms. The first kappa shape index (κ1) is 6.71. The zero-order valence-corrected chi connectivity index (χ0v) is 5.92. The quantitative estimate of drug-likeness (QED) is 0.435. The average molecular weight is 128 g/mol. The summed E-state index contributed by atoms with van der Waals surface area (Å²) in [6.07, 6.45) is 0. The maximum Gasteiger partial charge on any atom is 0.160 e. The molecule has 9 heavy (non-hydrogen) atoms. The molecule has 1 saturated heterocycles. The lowest BCUT2D eigenvalue weighted by Crippen LogP contribution is -2.46. The SMILES string of the molecule is CN1CC(=O)CN(C)C1. The third-order valence-corrected chi connectivity index (χ3v) is 1.38.